The zero-order chi connectivity index (χ0) is 11.5. The number of nitrogens with two attached hydrogens (primary N) is 2. The molecule has 0 bridgehead atoms. The zero-order valence-electron chi connectivity index (χ0n) is 9.43. The summed E-state index contributed by atoms with van der Waals surface area (Å²) in [6.45, 7) is 1.75. The van der Waals surface area contributed by atoms with Gasteiger partial charge in [-0.25, -0.2) is 9.97 Å². The summed E-state index contributed by atoms with van der Waals surface area (Å²) in [5.41, 5.74) is 11.0. The molecule has 2 heterocycles. The highest BCUT2D eigenvalue weighted by Crippen LogP contribution is 2.21. The Labute approximate surface area is 106 Å². The molecule has 4 N–H and O–H groups in total. The maximum absolute atomic E-state index is 11.2. The molecule has 0 saturated carbocycles. The van der Waals surface area contributed by atoms with Gasteiger partial charge in [-0.3, -0.25) is 4.79 Å². The molecule has 1 aromatic heterocycles. The Kier molecular flexibility index (Phi) is 4.51. The van der Waals surface area contributed by atoms with Gasteiger partial charge in [0, 0.05) is 13.1 Å². The molecule has 1 saturated heterocycles. The van der Waals surface area contributed by atoms with Crippen molar-refractivity contribution >= 4 is 29.9 Å². The van der Waals surface area contributed by atoms with Crippen molar-refractivity contribution < 1.29 is 4.79 Å². The largest absolute Gasteiger partial charge is 0.382 e. The van der Waals surface area contributed by atoms with E-state index in [1.54, 1.807) is 0 Å². The van der Waals surface area contributed by atoms with Crippen LogP contribution in [0.3, 0.4) is 0 Å². The van der Waals surface area contributed by atoms with E-state index in [1.165, 1.54) is 12.6 Å². The predicted molar refractivity (Wildman–Crippen MR) is 68.3 cm³/mol. The van der Waals surface area contributed by atoms with Crippen LogP contribution in [0.25, 0.3) is 0 Å². The quantitative estimate of drug-likeness (QED) is 0.807. The van der Waals surface area contributed by atoms with E-state index in [0.717, 1.165) is 25.9 Å². The molecule has 1 fully saturated rings. The van der Waals surface area contributed by atoms with E-state index in [2.05, 4.69) is 9.97 Å². The van der Waals surface area contributed by atoms with Crippen LogP contribution in [-0.4, -0.2) is 29.0 Å². The van der Waals surface area contributed by atoms with Crippen LogP contribution in [-0.2, 0) is 0 Å². The third kappa shape index (κ3) is 2.97. The van der Waals surface area contributed by atoms with Crippen LogP contribution < -0.4 is 16.4 Å². The molecule has 94 valence electrons. The van der Waals surface area contributed by atoms with Crippen molar-refractivity contribution in [2.45, 2.75) is 19.3 Å². The van der Waals surface area contributed by atoms with E-state index in [-0.39, 0.29) is 18.1 Å². The van der Waals surface area contributed by atoms with Crippen LogP contribution in [0.15, 0.2) is 6.20 Å². The molecule has 1 aliphatic heterocycles. The number of amides is 1. The van der Waals surface area contributed by atoms with Gasteiger partial charge in [0.2, 0.25) is 0 Å². The van der Waals surface area contributed by atoms with Crippen molar-refractivity contribution in [2.24, 2.45) is 5.73 Å². The van der Waals surface area contributed by atoms with Crippen molar-refractivity contribution in [2.75, 3.05) is 23.7 Å². The summed E-state index contributed by atoms with van der Waals surface area (Å²) in [5, 5.41) is 0. The molecule has 0 aliphatic carbocycles. The number of rotatable bonds is 2. The van der Waals surface area contributed by atoms with E-state index < -0.39 is 5.91 Å². The van der Waals surface area contributed by atoms with E-state index in [0.29, 0.717) is 11.6 Å². The number of hydrogen-bond donors (Lipinski definition) is 2. The second kappa shape index (κ2) is 5.67. The third-order valence-corrected chi connectivity index (χ3v) is 2.66. The fourth-order valence-corrected chi connectivity index (χ4v) is 1.89. The summed E-state index contributed by atoms with van der Waals surface area (Å²) in [5.74, 6) is 0.269. The highest BCUT2D eigenvalue weighted by atomic mass is 35.5. The minimum atomic E-state index is -0.562. The number of aromatic nitrogens is 2. The lowest BCUT2D eigenvalue weighted by atomic mass is 10.1. The van der Waals surface area contributed by atoms with Gasteiger partial charge in [0.1, 0.15) is 5.82 Å². The predicted octanol–water partition coefficient (Wildman–Crippen LogP) is 0.570. The number of piperidine rings is 1. The van der Waals surface area contributed by atoms with Crippen LogP contribution >= 0.6 is 12.4 Å². The molecule has 17 heavy (non-hydrogen) atoms. The Morgan fingerprint density at radius 3 is 2.53 bits per heavy atom. The van der Waals surface area contributed by atoms with Crippen molar-refractivity contribution in [3.8, 4) is 0 Å². The number of nitrogens with zero attached hydrogens (tertiary/aromatic N) is 3. The zero-order valence-corrected chi connectivity index (χ0v) is 10.2. The van der Waals surface area contributed by atoms with Gasteiger partial charge in [0.15, 0.2) is 11.5 Å². The molecule has 0 atom stereocenters. The molecule has 0 aromatic carbocycles. The molecular formula is C10H16ClN5O. The Balaban J connectivity index is 0.00000144. The van der Waals surface area contributed by atoms with Crippen LogP contribution in [0.4, 0.5) is 11.6 Å². The van der Waals surface area contributed by atoms with Crippen molar-refractivity contribution in [3.63, 3.8) is 0 Å². The van der Waals surface area contributed by atoms with Gasteiger partial charge in [0.05, 0.1) is 6.20 Å². The number of primary amides is 1. The number of carbonyl (C=O) groups excluding carboxylic acids is 1. The molecular weight excluding hydrogens is 242 g/mol. The van der Waals surface area contributed by atoms with Gasteiger partial charge >= 0.3 is 0 Å². The summed E-state index contributed by atoms with van der Waals surface area (Å²) in [6, 6.07) is 0. The fourth-order valence-electron chi connectivity index (χ4n) is 1.89. The number of anilines is 2. The monoisotopic (exact) mass is 257 g/mol. The molecule has 1 aliphatic rings. The van der Waals surface area contributed by atoms with Gasteiger partial charge in [-0.15, -0.1) is 12.4 Å². The van der Waals surface area contributed by atoms with Gasteiger partial charge < -0.3 is 16.4 Å². The average Bonchev–Trinajstić information content (AvgIpc) is 2.29. The topological polar surface area (TPSA) is 98.1 Å². The van der Waals surface area contributed by atoms with E-state index in [9.17, 15) is 4.79 Å². The van der Waals surface area contributed by atoms with Gasteiger partial charge in [-0.1, -0.05) is 0 Å². The Morgan fingerprint density at radius 1 is 1.29 bits per heavy atom. The van der Waals surface area contributed by atoms with E-state index >= 15 is 0 Å². The van der Waals surface area contributed by atoms with Gasteiger partial charge in [0.25, 0.3) is 5.91 Å². The second-order valence-electron chi connectivity index (χ2n) is 3.88. The third-order valence-electron chi connectivity index (χ3n) is 2.66. The molecule has 0 unspecified atom stereocenters. The molecule has 7 heteroatoms. The fraction of sp³-hybridized carbons (Fsp3) is 0.500. The number of carbonyl (C=O) groups is 1. The maximum atomic E-state index is 11.2. The van der Waals surface area contributed by atoms with Gasteiger partial charge in [-0.2, -0.15) is 0 Å². The summed E-state index contributed by atoms with van der Waals surface area (Å²) >= 11 is 0. The summed E-state index contributed by atoms with van der Waals surface area (Å²) < 4.78 is 0. The molecule has 1 aromatic rings. The second-order valence-corrected chi connectivity index (χ2v) is 3.88. The van der Waals surface area contributed by atoms with E-state index in [4.69, 9.17) is 11.5 Å². The molecule has 0 radical (unpaired) electrons. The summed E-state index contributed by atoms with van der Waals surface area (Å²) in [7, 11) is 0. The van der Waals surface area contributed by atoms with Gasteiger partial charge in [-0.05, 0) is 19.3 Å². The maximum Gasteiger partial charge on any atom is 0.271 e. The minimum absolute atomic E-state index is 0. The Hall–Kier alpha value is -1.56. The number of halogens is 1. The first-order valence-corrected chi connectivity index (χ1v) is 5.36. The number of hydrogen-bond acceptors (Lipinski definition) is 5. The molecule has 2 rings (SSSR count). The van der Waals surface area contributed by atoms with E-state index in [1.807, 2.05) is 4.90 Å². The van der Waals surface area contributed by atoms with Crippen molar-refractivity contribution in [1.82, 2.24) is 9.97 Å². The van der Waals surface area contributed by atoms with Crippen molar-refractivity contribution in [3.05, 3.63) is 11.9 Å². The van der Waals surface area contributed by atoms with Crippen LogP contribution in [0, 0.1) is 0 Å². The normalized spacial score (nSPS) is 15.2. The first kappa shape index (κ1) is 13.5. The first-order chi connectivity index (χ1) is 7.68. The molecule has 1 amide bonds. The Morgan fingerprint density at radius 2 is 1.94 bits per heavy atom. The SMILES string of the molecule is Cl.NC(=O)c1ncc(N)nc1N1CCCCC1. The van der Waals surface area contributed by atoms with Crippen LogP contribution in [0.1, 0.15) is 29.8 Å². The highest BCUT2D eigenvalue weighted by molar-refractivity contribution is 5.95. The standard InChI is InChI=1S/C10H15N5O.ClH/c11-7-6-13-8(9(12)16)10(14-7)15-4-2-1-3-5-15;/h6H,1-5H2,(H2,11,14)(H2,12,16);1H. The summed E-state index contributed by atoms with van der Waals surface area (Å²) in [6.07, 6.45) is 4.75. The smallest absolute Gasteiger partial charge is 0.271 e. The summed E-state index contributed by atoms with van der Waals surface area (Å²) in [4.78, 5) is 21.4. The molecule has 0 spiro atoms. The average molecular weight is 258 g/mol. The van der Waals surface area contributed by atoms with Crippen molar-refractivity contribution in [1.29, 1.82) is 0 Å². The highest BCUT2D eigenvalue weighted by Gasteiger charge is 2.20. The van der Waals surface area contributed by atoms with Crippen LogP contribution in [0.5, 0.6) is 0 Å². The lowest BCUT2D eigenvalue weighted by Crippen LogP contribution is -2.33. The lowest BCUT2D eigenvalue weighted by Gasteiger charge is -2.28. The minimum Gasteiger partial charge on any atom is -0.382 e. The Bertz CT molecular complexity index is 406. The lowest BCUT2D eigenvalue weighted by molar-refractivity contribution is 0.0995. The molecule has 6 nitrogen and oxygen atoms in total. The number of nitrogen functional groups attached to an aromatic ring is 1. The van der Waals surface area contributed by atoms with Crippen LogP contribution in [0.2, 0.25) is 0 Å². The first-order valence-electron chi connectivity index (χ1n) is 5.36.